The summed E-state index contributed by atoms with van der Waals surface area (Å²) in [6, 6.07) is 0. The maximum absolute atomic E-state index is 6.31. The van der Waals surface area contributed by atoms with Gasteiger partial charge in [-0.2, -0.15) is 0 Å². The van der Waals surface area contributed by atoms with Gasteiger partial charge in [0.25, 0.3) is 0 Å². The van der Waals surface area contributed by atoms with E-state index in [1.165, 1.54) is 50.5 Å². The Morgan fingerprint density at radius 3 is 2.57 bits per heavy atom. The van der Waals surface area contributed by atoms with Crippen LogP contribution in [0, 0.1) is 0 Å². The van der Waals surface area contributed by atoms with E-state index in [9.17, 15) is 0 Å². The molecule has 0 spiro atoms. The Morgan fingerprint density at radius 2 is 1.82 bits per heavy atom. The first-order valence-corrected chi connectivity index (χ1v) is 11.0. The minimum absolute atomic E-state index is 0.167. The molecular formula is C22H31N5O. The van der Waals surface area contributed by atoms with Crippen LogP contribution in [0.15, 0.2) is 12.4 Å². The summed E-state index contributed by atoms with van der Waals surface area (Å²) in [7, 11) is 0. The van der Waals surface area contributed by atoms with Crippen molar-refractivity contribution in [1.82, 2.24) is 20.3 Å². The molecular weight excluding hydrogens is 350 g/mol. The number of pyridine rings is 1. The lowest BCUT2D eigenvalue weighted by molar-refractivity contribution is 0.158. The summed E-state index contributed by atoms with van der Waals surface area (Å²) in [6.45, 7) is 4.25. The van der Waals surface area contributed by atoms with Crippen LogP contribution in [-0.4, -0.2) is 39.7 Å². The van der Waals surface area contributed by atoms with Gasteiger partial charge < -0.3 is 15.4 Å². The fourth-order valence-electron chi connectivity index (χ4n) is 4.54. The van der Waals surface area contributed by atoms with E-state index < -0.39 is 0 Å². The summed E-state index contributed by atoms with van der Waals surface area (Å²) >= 11 is 0. The van der Waals surface area contributed by atoms with Crippen molar-refractivity contribution >= 4 is 16.9 Å². The molecule has 0 atom stereocenters. The van der Waals surface area contributed by atoms with E-state index >= 15 is 0 Å². The first kappa shape index (κ1) is 18.1. The molecule has 5 rings (SSSR count). The van der Waals surface area contributed by atoms with Crippen LogP contribution in [0.5, 0.6) is 5.88 Å². The summed E-state index contributed by atoms with van der Waals surface area (Å²) in [6.07, 6.45) is 15.0. The summed E-state index contributed by atoms with van der Waals surface area (Å²) in [5.74, 6) is 1.99. The second-order valence-electron chi connectivity index (χ2n) is 9.06. The van der Waals surface area contributed by atoms with E-state index in [1.54, 1.807) is 0 Å². The van der Waals surface area contributed by atoms with Crippen LogP contribution in [0.3, 0.4) is 0 Å². The minimum atomic E-state index is 0.167. The Morgan fingerprint density at radius 1 is 1.04 bits per heavy atom. The largest absolute Gasteiger partial charge is 0.474 e. The number of aromatic nitrogens is 3. The van der Waals surface area contributed by atoms with Gasteiger partial charge in [0.1, 0.15) is 6.10 Å². The molecule has 0 amide bonds. The molecule has 1 aliphatic heterocycles. The normalized spacial score (nSPS) is 22.9. The highest BCUT2D eigenvalue weighted by molar-refractivity contribution is 5.86. The molecule has 2 N–H and O–H groups in total. The first-order valence-electron chi connectivity index (χ1n) is 11.0. The quantitative estimate of drug-likeness (QED) is 0.810. The van der Waals surface area contributed by atoms with Crippen molar-refractivity contribution in [3.63, 3.8) is 0 Å². The highest BCUT2D eigenvalue weighted by atomic mass is 16.5. The van der Waals surface area contributed by atoms with Gasteiger partial charge in [-0.1, -0.05) is 19.3 Å². The van der Waals surface area contributed by atoms with Crippen LogP contribution in [0.2, 0.25) is 0 Å². The fourth-order valence-corrected chi connectivity index (χ4v) is 4.54. The molecule has 3 aliphatic rings. The van der Waals surface area contributed by atoms with Crippen LogP contribution in [0.25, 0.3) is 10.9 Å². The predicted octanol–water partition coefficient (Wildman–Crippen LogP) is 4.17. The molecule has 150 valence electrons. The third-order valence-corrected chi connectivity index (χ3v) is 6.64. The Labute approximate surface area is 166 Å². The summed E-state index contributed by atoms with van der Waals surface area (Å²) in [5, 5.41) is 7.88. The molecule has 2 saturated carbocycles. The van der Waals surface area contributed by atoms with Gasteiger partial charge in [0.05, 0.1) is 10.9 Å². The Hall–Kier alpha value is -1.95. The Balaban J connectivity index is 1.51. The van der Waals surface area contributed by atoms with Crippen molar-refractivity contribution < 1.29 is 4.74 Å². The Kier molecular flexibility index (Phi) is 4.83. The fraction of sp³-hybridized carbons (Fsp3) is 0.682. The molecule has 28 heavy (non-hydrogen) atoms. The van der Waals surface area contributed by atoms with E-state index in [1.807, 2.05) is 12.4 Å². The molecule has 0 unspecified atom stereocenters. The zero-order valence-corrected chi connectivity index (χ0v) is 16.8. The van der Waals surface area contributed by atoms with E-state index in [-0.39, 0.29) is 11.6 Å². The number of hydrogen-bond acceptors (Lipinski definition) is 6. The molecule has 2 aliphatic carbocycles. The summed E-state index contributed by atoms with van der Waals surface area (Å²) in [5.41, 5.74) is 2.48. The number of nitrogens with one attached hydrogen (secondary N) is 2. The van der Waals surface area contributed by atoms with Crippen LogP contribution in [0.4, 0.5) is 5.95 Å². The molecule has 0 radical (unpaired) electrons. The van der Waals surface area contributed by atoms with Gasteiger partial charge >= 0.3 is 0 Å². The van der Waals surface area contributed by atoms with E-state index in [0.29, 0.717) is 11.8 Å². The number of ether oxygens (including phenoxy) is 1. The lowest BCUT2D eigenvalue weighted by Gasteiger charge is -2.26. The number of rotatable bonds is 5. The molecule has 1 saturated heterocycles. The van der Waals surface area contributed by atoms with Crippen molar-refractivity contribution in [2.24, 2.45) is 0 Å². The predicted molar refractivity (Wildman–Crippen MR) is 111 cm³/mol. The molecule has 2 aromatic rings. The van der Waals surface area contributed by atoms with Gasteiger partial charge in [-0.15, -0.1) is 0 Å². The zero-order chi connectivity index (χ0) is 19.0. The molecule has 2 aromatic heterocycles. The third kappa shape index (κ3) is 3.79. The molecule has 0 bridgehead atoms. The van der Waals surface area contributed by atoms with E-state index in [2.05, 4.69) is 22.5 Å². The topological polar surface area (TPSA) is 72.0 Å². The average molecular weight is 382 g/mol. The van der Waals surface area contributed by atoms with Crippen molar-refractivity contribution in [3.8, 4) is 5.88 Å². The van der Waals surface area contributed by atoms with Crippen molar-refractivity contribution in [2.75, 3.05) is 18.4 Å². The maximum Gasteiger partial charge on any atom is 0.224 e. The summed E-state index contributed by atoms with van der Waals surface area (Å²) < 4.78 is 6.31. The SMILES string of the molecule is CC1(Nc2ncc3c(OC4CCNCC4)ncc(C4CCCCC4)c3n2)CC1. The van der Waals surface area contributed by atoms with Crippen molar-refractivity contribution in [1.29, 1.82) is 0 Å². The average Bonchev–Trinajstić information content (AvgIpc) is 3.46. The van der Waals surface area contributed by atoms with Crippen LogP contribution in [0.1, 0.15) is 76.2 Å². The number of nitrogens with zero attached hydrogens (tertiary/aromatic N) is 3. The maximum atomic E-state index is 6.31. The van der Waals surface area contributed by atoms with Crippen LogP contribution >= 0.6 is 0 Å². The zero-order valence-electron chi connectivity index (χ0n) is 16.8. The van der Waals surface area contributed by atoms with Crippen molar-refractivity contribution in [3.05, 3.63) is 18.0 Å². The van der Waals surface area contributed by atoms with Gasteiger partial charge in [-0.05, 0) is 64.5 Å². The van der Waals surface area contributed by atoms with Gasteiger partial charge in [0.2, 0.25) is 11.8 Å². The molecule has 6 nitrogen and oxygen atoms in total. The third-order valence-electron chi connectivity index (χ3n) is 6.64. The van der Waals surface area contributed by atoms with Gasteiger partial charge in [0.15, 0.2) is 0 Å². The highest BCUT2D eigenvalue weighted by Gasteiger charge is 2.38. The van der Waals surface area contributed by atoms with Gasteiger partial charge in [-0.3, -0.25) is 0 Å². The molecule has 6 heteroatoms. The molecule has 0 aromatic carbocycles. The second kappa shape index (κ2) is 7.47. The number of piperidine rings is 1. The van der Waals surface area contributed by atoms with Crippen LogP contribution < -0.4 is 15.4 Å². The van der Waals surface area contributed by atoms with E-state index in [4.69, 9.17) is 14.7 Å². The number of fused-ring (bicyclic) bond motifs is 1. The lowest BCUT2D eigenvalue weighted by Crippen LogP contribution is -2.34. The lowest BCUT2D eigenvalue weighted by atomic mass is 9.84. The van der Waals surface area contributed by atoms with Crippen LogP contribution in [-0.2, 0) is 0 Å². The first-order chi connectivity index (χ1) is 13.7. The highest BCUT2D eigenvalue weighted by Crippen LogP contribution is 2.40. The van der Waals surface area contributed by atoms with Crippen molar-refractivity contribution in [2.45, 2.75) is 82.3 Å². The number of anilines is 1. The summed E-state index contributed by atoms with van der Waals surface area (Å²) in [4.78, 5) is 14.3. The smallest absolute Gasteiger partial charge is 0.224 e. The Bertz CT molecular complexity index is 838. The van der Waals surface area contributed by atoms with E-state index in [0.717, 1.165) is 42.8 Å². The monoisotopic (exact) mass is 381 g/mol. The van der Waals surface area contributed by atoms with Gasteiger partial charge in [-0.25, -0.2) is 15.0 Å². The minimum Gasteiger partial charge on any atom is -0.474 e. The second-order valence-corrected chi connectivity index (χ2v) is 9.06. The molecule has 3 fully saturated rings. The number of hydrogen-bond donors (Lipinski definition) is 2. The standard InChI is InChI=1S/C22H31N5O/c1-22(9-10-22)27-21-25-14-18-19(26-21)17(15-5-3-2-4-6-15)13-24-20(18)28-16-7-11-23-12-8-16/h13-16,23H,2-12H2,1H3,(H,25,26,27). The van der Waals surface area contributed by atoms with Gasteiger partial charge in [0, 0.05) is 23.5 Å². The molecule has 3 heterocycles.